The van der Waals surface area contributed by atoms with Crippen LogP contribution in [0.4, 0.5) is 18.0 Å². The van der Waals surface area contributed by atoms with Gasteiger partial charge in [0.25, 0.3) is 5.56 Å². The molecule has 2 aromatic rings. The van der Waals surface area contributed by atoms with E-state index in [2.05, 4.69) is 10.3 Å². The van der Waals surface area contributed by atoms with Gasteiger partial charge in [-0.3, -0.25) is 24.2 Å². The maximum absolute atomic E-state index is 13.0. The molecule has 0 saturated heterocycles. The number of hydrogen-bond acceptors (Lipinski definition) is 7. The predicted octanol–water partition coefficient (Wildman–Crippen LogP) is 1.57. The van der Waals surface area contributed by atoms with E-state index in [-0.39, 0.29) is 35.9 Å². The zero-order valence-electron chi connectivity index (χ0n) is 17.4. The van der Waals surface area contributed by atoms with Gasteiger partial charge in [0.05, 0.1) is 38.0 Å². The third-order valence-corrected chi connectivity index (χ3v) is 6.31. The molecule has 0 fully saturated rings. The Morgan fingerprint density at radius 1 is 1.28 bits per heavy atom. The number of rotatable bonds is 7. The highest BCUT2D eigenvalue weighted by Crippen LogP contribution is 2.30. The number of carboxylic acid groups (broad SMARTS) is 1. The Kier molecular flexibility index (Phi) is 6.93. The van der Waals surface area contributed by atoms with E-state index < -0.39 is 36.5 Å². The van der Waals surface area contributed by atoms with Crippen LogP contribution in [-0.4, -0.2) is 64.2 Å². The lowest BCUT2D eigenvalue weighted by Gasteiger charge is -2.19. The largest absolute Gasteiger partial charge is 0.465 e. The SMILES string of the molecule is COCCn1c(=O)c2c(C)c(CN3CCN=C3NC(=O)O)sc2n(CCC(F)(F)F)c1=O. The van der Waals surface area contributed by atoms with Crippen molar-refractivity contribution in [1.29, 1.82) is 0 Å². The Labute approximate surface area is 183 Å². The number of carbonyl (C=O) groups is 1. The molecule has 0 radical (unpaired) electrons. The second-order valence-corrected chi connectivity index (χ2v) is 8.22. The van der Waals surface area contributed by atoms with Crippen molar-refractivity contribution in [3.8, 4) is 0 Å². The summed E-state index contributed by atoms with van der Waals surface area (Å²) >= 11 is 1.05. The lowest BCUT2D eigenvalue weighted by atomic mass is 10.2. The van der Waals surface area contributed by atoms with Crippen molar-refractivity contribution in [2.24, 2.45) is 4.99 Å². The lowest BCUT2D eigenvalue weighted by molar-refractivity contribution is -0.136. The van der Waals surface area contributed by atoms with Gasteiger partial charge in [-0.25, -0.2) is 9.59 Å². The molecule has 10 nitrogen and oxygen atoms in total. The summed E-state index contributed by atoms with van der Waals surface area (Å²) in [5.41, 5.74) is -0.889. The number of guanidine groups is 1. The Balaban J connectivity index is 2.09. The first-order valence-corrected chi connectivity index (χ1v) is 10.5. The molecule has 0 unspecified atom stereocenters. The molecule has 32 heavy (non-hydrogen) atoms. The van der Waals surface area contributed by atoms with Crippen LogP contribution in [0, 0.1) is 6.92 Å². The van der Waals surface area contributed by atoms with Crippen LogP contribution in [0.5, 0.6) is 0 Å². The molecular formula is C18H22F3N5O5S. The van der Waals surface area contributed by atoms with Crippen LogP contribution in [0.15, 0.2) is 14.6 Å². The highest BCUT2D eigenvalue weighted by atomic mass is 32.1. The molecule has 0 bridgehead atoms. The summed E-state index contributed by atoms with van der Waals surface area (Å²) in [5, 5.41) is 11.3. The fourth-order valence-electron chi connectivity index (χ4n) is 3.43. The van der Waals surface area contributed by atoms with E-state index >= 15 is 0 Å². The van der Waals surface area contributed by atoms with Gasteiger partial charge in [-0.15, -0.1) is 11.3 Å². The lowest BCUT2D eigenvalue weighted by Crippen LogP contribution is -2.41. The van der Waals surface area contributed by atoms with Gasteiger partial charge in [0.2, 0.25) is 5.96 Å². The van der Waals surface area contributed by atoms with E-state index in [0.29, 0.717) is 23.5 Å². The smallest absolute Gasteiger partial charge is 0.411 e. The molecular weight excluding hydrogens is 455 g/mol. The second-order valence-electron chi connectivity index (χ2n) is 7.14. The highest BCUT2D eigenvalue weighted by Gasteiger charge is 2.29. The summed E-state index contributed by atoms with van der Waals surface area (Å²) in [6.07, 6.45) is -6.97. The maximum Gasteiger partial charge on any atom is 0.411 e. The van der Waals surface area contributed by atoms with Crippen LogP contribution in [0.2, 0.25) is 0 Å². The van der Waals surface area contributed by atoms with Gasteiger partial charge in [0, 0.05) is 25.1 Å². The standard InChI is InChI=1S/C18H22F3N5O5S/c1-10-11(9-24-6-4-22-15(24)23-16(28)29)32-14-12(10)13(27)25(7-8-31-2)17(30)26(14)5-3-18(19,20)21/h3-9H2,1-2H3,(H,22,23)(H,28,29). The maximum atomic E-state index is 13.0. The molecule has 0 saturated carbocycles. The number of aliphatic imine (C=N–C) groups is 1. The number of amides is 1. The van der Waals surface area contributed by atoms with Gasteiger partial charge in [0.1, 0.15) is 4.83 Å². The summed E-state index contributed by atoms with van der Waals surface area (Å²) < 4.78 is 45.4. The third kappa shape index (κ3) is 4.96. The third-order valence-electron chi connectivity index (χ3n) is 5.02. The molecule has 0 aromatic carbocycles. The normalized spacial score (nSPS) is 14.3. The zero-order chi connectivity index (χ0) is 23.6. The first kappa shape index (κ1) is 23.8. The van der Waals surface area contributed by atoms with Crippen molar-refractivity contribution < 1.29 is 27.8 Å². The molecule has 0 atom stereocenters. The van der Waals surface area contributed by atoms with Gasteiger partial charge in [-0.1, -0.05) is 0 Å². The number of hydrogen-bond donors (Lipinski definition) is 2. The second kappa shape index (κ2) is 9.32. The van der Waals surface area contributed by atoms with Crippen molar-refractivity contribution in [1.82, 2.24) is 19.4 Å². The van der Waals surface area contributed by atoms with Gasteiger partial charge >= 0.3 is 18.0 Å². The summed E-state index contributed by atoms with van der Waals surface area (Å²) in [6, 6.07) is 0. The Morgan fingerprint density at radius 2 is 2.00 bits per heavy atom. The molecule has 2 aromatic heterocycles. The molecule has 1 aliphatic rings. The van der Waals surface area contributed by atoms with Crippen LogP contribution >= 0.6 is 11.3 Å². The van der Waals surface area contributed by atoms with E-state index in [1.807, 2.05) is 0 Å². The summed E-state index contributed by atoms with van der Waals surface area (Å²) in [6.45, 7) is 1.99. The van der Waals surface area contributed by atoms with Gasteiger partial charge in [0.15, 0.2) is 0 Å². The van der Waals surface area contributed by atoms with Crippen LogP contribution < -0.4 is 16.6 Å². The first-order valence-electron chi connectivity index (χ1n) is 9.64. The topological polar surface area (TPSA) is 118 Å². The number of thiophene rings is 1. The number of halogens is 3. The van der Waals surface area contributed by atoms with Crippen LogP contribution in [0.25, 0.3) is 10.2 Å². The van der Waals surface area contributed by atoms with Gasteiger partial charge in [-0.05, 0) is 12.5 Å². The average molecular weight is 477 g/mol. The highest BCUT2D eigenvalue weighted by molar-refractivity contribution is 7.18. The average Bonchev–Trinajstić information content (AvgIpc) is 3.25. The van der Waals surface area contributed by atoms with E-state index in [1.165, 1.54) is 7.11 Å². The van der Waals surface area contributed by atoms with E-state index in [1.54, 1.807) is 11.8 Å². The van der Waals surface area contributed by atoms with E-state index in [9.17, 15) is 27.6 Å². The zero-order valence-corrected chi connectivity index (χ0v) is 18.2. The minimum atomic E-state index is -4.47. The molecule has 2 N–H and O–H groups in total. The quantitative estimate of drug-likeness (QED) is 0.625. The Hall–Kier alpha value is -2.87. The van der Waals surface area contributed by atoms with Gasteiger partial charge < -0.3 is 14.7 Å². The van der Waals surface area contributed by atoms with Crippen molar-refractivity contribution in [2.45, 2.75) is 39.2 Å². The van der Waals surface area contributed by atoms with Crippen LogP contribution in [-0.2, 0) is 24.4 Å². The fourth-order valence-corrected chi connectivity index (χ4v) is 4.76. The Bertz CT molecular complexity index is 1170. The van der Waals surface area contributed by atoms with Crippen molar-refractivity contribution >= 4 is 33.6 Å². The molecule has 3 rings (SSSR count). The number of nitrogens with one attached hydrogen (secondary N) is 1. The summed E-state index contributed by atoms with van der Waals surface area (Å²) in [4.78, 5) is 43.4. The van der Waals surface area contributed by atoms with Crippen molar-refractivity contribution in [2.75, 3.05) is 26.8 Å². The number of methoxy groups -OCH3 is 1. The molecule has 14 heteroatoms. The van der Waals surface area contributed by atoms with Crippen LogP contribution in [0.3, 0.4) is 0 Å². The minimum absolute atomic E-state index is 0.0461. The molecule has 0 spiro atoms. The molecule has 1 aliphatic heterocycles. The predicted molar refractivity (Wildman–Crippen MR) is 112 cm³/mol. The van der Waals surface area contributed by atoms with E-state index in [4.69, 9.17) is 9.84 Å². The minimum Gasteiger partial charge on any atom is -0.465 e. The fraction of sp³-hybridized carbons (Fsp3) is 0.556. The van der Waals surface area contributed by atoms with Crippen LogP contribution in [0.1, 0.15) is 16.9 Å². The Morgan fingerprint density at radius 3 is 2.62 bits per heavy atom. The number of alkyl halides is 3. The first-order chi connectivity index (χ1) is 15.0. The number of ether oxygens (including phenoxy) is 1. The number of nitrogens with zero attached hydrogens (tertiary/aromatic N) is 4. The molecule has 1 amide bonds. The summed E-state index contributed by atoms with van der Waals surface area (Å²) in [5.74, 6) is 0.154. The molecule has 0 aliphatic carbocycles. The molecule has 3 heterocycles. The molecule has 176 valence electrons. The number of aryl methyl sites for hydroxylation is 2. The van der Waals surface area contributed by atoms with E-state index in [0.717, 1.165) is 20.5 Å². The number of fused-ring (bicyclic) bond motifs is 1. The van der Waals surface area contributed by atoms with Gasteiger partial charge in [-0.2, -0.15) is 13.2 Å². The van der Waals surface area contributed by atoms with Crippen molar-refractivity contribution in [3.63, 3.8) is 0 Å². The van der Waals surface area contributed by atoms with Crippen molar-refractivity contribution in [3.05, 3.63) is 31.3 Å². The summed E-state index contributed by atoms with van der Waals surface area (Å²) in [7, 11) is 1.39. The number of aromatic nitrogens is 2. The monoisotopic (exact) mass is 477 g/mol.